The van der Waals surface area contributed by atoms with E-state index in [1.807, 2.05) is 0 Å². The SMILES string of the molecule is NC(Cc1cccnc1)P(=O)(O)O. The fourth-order valence-electron chi connectivity index (χ4n) is 0.879. The largest absolute Gasteiger partial charge is 0.342 e. The fraction of sp³-hybridized carbons (Fsp3) is 0.286. The van der Waals surface area contributed by atoms with Crippen molar-refractivity contribution in [3.8, 4) is 0 Å². The number of nitrogens with zero attached hydrogens (tertiary/aromatic N) is 1. The number of rotatable bonds is 3. The second-order valence-electron chi connectivity index (χ2n) is 2.72. The van der Waals surface area contributed by atoms with E-state index in [0.717, 1.165) is 5.56 Å². The third kappa shape index (κ3) is 3.24. The molecular weight excluding hydrogens is 191 g/mol. The van der Waals surface area contributed by atoms with Gasteiger partial charge in [0.15, 0.2) is 0 Å². The van der Waals surface area contributed by atoms with Gasteiger partial charge in [0.2, 0.25) is 0 Å². The van der Waals surface area contributed by atoms with Crippen LogP contribution in [-0.2, 0) is 11.0 Å². The molecule has 5 nitrogen and oxygen atoms in total. The molecule has 0 aliphatic heterocycles. The Balaban J connectivity index is 2.66. The molecule has 0 aromatic carbocycles. The molecule has 0 radical (unpaired) electrons. The summed E-state index contributed by atoms with van der Waals surface area (Å²) >= 11 is 0. The topological polar surface area (TPSA) is 96.4 Å². The van der Waals surface area contributed by atoms with E-state index in [1.165, 1.54) is 6.20 Å². The van der Waals surface area contributed by atoms with Crippen molar-refractivity contribution in [3.63, 3.8) is 0 Å². The number of hydrogen-bond acceptors (Lipinski definition) is 3. The van der Waals surface area contributed by atoms with Gasteiger partial charge >= 0.3 is 7.60 Å². The van der Waals surface area contributed by atoms with Crippen LogP contribution in [0, 0.1) is 0 Å². The van der Waals surface area contributed by atoms with Crippen LogP contribution in [0.15, 0.2) is 24.5 Å². The maximum absolute atomic E-state index is 10.7. The van der Waals surface area contributed by atoms with Crippen molar-refractivity contribution in [1.29, 1.82) is 0 Å². The molecule has 4 N–H and O–H groups in total. The molecule has 6 heteroatoms. The average molecular weight is 202 g/mol. The molecule has 0 bridgehead atoms. The van der Waals surface area contributed by atoms with Crippen LogP contribution in [0.2, 0.25) is 0 Å². The van der Waals surface area contributed by atoms with Crippen LogP contribution in [0.25, 0.3) is 0 Å². The molecule has 1 atom stereocenters. The van der Waals surface area contributed by atoms with Gasteiger partial charge in [0, 0.05) is 18.8 Å². The van der Waals surface area contributed by atoms with Crippen LogP contribution < -0.4 is 5.73 Å². The molecule has 0 saturated carbocycles. The normalized spacial score (nSPS) is 14.1. The zero-order valence-electron chi connectivity index (χ0n) is 6.87. The average Bonchev–Trinajstić information content (AvgIpc) is 2.04. The van der Waals surface area contributed by atoms with Gasteiger partial charge in [-0.3, -0.25) is 9.55 Å². The lowest BCUT2D eigenvalue weighted by atomic mass is 10.2. The van der Waals surface area contributed by atoms with Crippen LogP contribution >= 0.6 is 7.60 Å². The van der Waals surface area contributed by atoms with Crippen molar-refractivity contribution in [2.24, 2.45) is 5.73 Å². The second-order valence-corrected chi connectivity index (χ2v) is 4.56. The summed E-state index contributed by atoms with van der Waals surface area (Å²) in [6.45, 7) is 0. The first-order valence-electron chi connectivity index (χ1n) is 3.70. The van der Waals surface area contributed by atoms with E-state index in [-0.39, 0.29) is 6.42 Å². The van der Waals surface area contributed by atoms with Gasteiger partial charge in [-0.2, -0.15) is 0 Å². The smallest absolute Gasteiger partial charge is 0.323 e. The molecule has 1 aromatic heterocycles. The highest BCUT2D eigenvalue weighted by Crippen LogP contribution is 2.39. The summed E-state index contributed by atoms with van der Waals surface area (Å²) in [6.07, 6.45) is 3.26. The molecule has 0 aliphatic rings. The van der Waals surface area contributed by atoms with Crippen molar-refractivity contribution in [1.82, 2.24) is 4.98 Å². The summed E-state index contributed by atoms with van der Waals surface area (Å²) in [5.74, 6) is -1.14. The van der Waals surface area contributed by atoms with Gasteiger partial charge in [-0.05, 0) is 11.6 Å². The summed E-state index contributed by atoms with van der Waals surface area (Å²) in [7, 11) is -4.17. The Kier molecular flexibility index (Phi) is 3.17. The predicted octanol–water partition coefficient (Wildman–Crippen LogP) is 0.0866. The fourth-order valence-corrected chi connectivity index (χ4v) is 1.33. The minimum atomic E-state index is -4.17. The van der Waals surface area contributed by atoms with Gasteiger partial charge < -0.3 is 15.5 Å². The van der Waals surface area contributed by atoms with Gasteiger partial charge in [0.05, 0.1) is 0 Å². The third-order valence-corrected chi connectivity index (χ3v) is 2.65. The molecule has 1 rings (SSSR count). The highest BCUT2D eigenvalue weighted by atomic mass is 31.2. The molecule has 0 fully saturated rings. The van der Waals surface area contributed by atoms with Gasteiger partial charge in [-0.1, -0.05) is 6.07 Å². The molecular formula is C7H11N2O3P. The van der Waals surface area contributed by atoms with Crippen LogP contribution in [0.4, 0.5) is 0 Å². The summed E-state index contributed by atoms with van der Waals surface area (Å²) in [5, 5.41) is 0. The van der Waals surface area contributed by atoms with Crippen LogP contribution in [0.5, 0.6) is 0 Å². The van der Waals surface area contributed by atoms with E-state index >= 15 is 0 Å². The van der Waals surface area contributed by atoms with Crippen molar-refractivity contribution in [3.05, 3.63) is 30.1 Å². The quantitative estimate of drug-likeness (QED) is 0.603. The van der Waals surface area contributed by atoms with E-state index in [0.29, 0.717) is 0 Å². The van der Waals surface area contributed by atoms with E-state index in [1.54, 1.807) is 18.3 Å². The van der Waals surface area contributed by atoms with E-state index in [9.17, 15) is 4.57 Å². The van der Waals surface area contributed by atoms with Gasteiger partial charge in [-0.15, -0.1) is 0 Å². The Morgan fingerprint density at radius 3 is 2.77 bits per heavy atom. The first-order chi connectivity index (χ1) is 6.00. The molecule has 0 aliphatic carbocycles. The summed E-state index contributed by atoms with van der Waals surface area (Å²) < 4.78 is 10.7. The Labute approximate surface area is 75.8 Å². The van der Waals surface area contributed by atoms with Crippen molar-refractivity contribution in [2.75, 3.05) is 0 Å². The molecule has 0 spiro atoms. The number of aromatic nitrogens is 1. The standard InChI is InChI=1S/C7H11N2O3P/c8-7(13(10,11)12)4-6-2-1-3-9-5-6/h1-3,5,7H,4,8H2,(H2,10,11,12). The van der Waals surface area contributed by atoms with Gasteiger partial charge in [0.25, 0.3) is 0 Å². The zero-order chi connectivity index (χ0) is 9.90. The first kappa shape index (κ1) is 10.3. The predicted molar refractivity (Wildman–Crippen MR) is 48.0 cm³/mol. The number of nitrogens with two attached hydrogens (primary N) is 1. The Morgan fingerprint density at radius 1 is 1.62 bits per heavy atom. The highest BCUT2D eigenvalue weighted by Gasteiger charge is 2.24. The van der Waals surface area contributed by atoms with E-state index in [4.69, 9.17) is 15.5 Å². The molecule has 0 saturated heterocycles. The zero-order valence-corrected chi connectivity index (χ0v) is 7.76. The highest BCUT2D eigenvalue weighted by molar-refractivity contribution is 7.52. The minimum absolute atomic E-state index is 0.137. The van der Waals surface area contributed by atoms with Crippen LogP contribution in [0.3, 0.4) is 0 Å². The summed E-state index contributed by atoms with van der Waals surface area (Å²) in [5.41, 5.74) is 6.01. The molecule has 0 amide bonds. The first-order valence-corrected chi connectivity index (χ1v) is 5.38. The molecule has 1 heterocycles. The minimum Gasteiger partial charge on any atom is -0.323 e. The Bertz CT molecular complexity index is 311. The van der Waals surface area contributed by atoms with E-state index < -0.39 is 13.4 Å². The molecule has 1 unspecified atom stereocenters. The molecule has 13 heavy (non-hydrogen) atoms. The monoisotopic (exact) mass is 202 g/mol. The lowest BCUT2D eigenvalue weighted by Crippen LogP contribution is -2.22. The lowest BCUT2D eigenvalue weighted by molar-refractivity contribution is 0.358. The molecule has 1 aromatic rings. The number of pyridine rings is 1. The van der Waals surface area contributed by atoms with Gasteiger partial charge in [0.1, 0.15) is 5.78 Å². The van der Waals surface area contributed by atoms with E-state index in [2.05, 4.69) is 4.98 Å². The maximum atomic E-state index is 10.7. The van der Waals surface area contributed by atoms with Crippen molar-refractivity contribution < 1.29 is 14.4 Å². The van der Waals surface area contributed by atoms with Crippen LogP contribution in [-0.4, -0.2) is 20.6 Å². The lowest BCUT2D eigenvalue weighted by Gasteiger charge is -2.12. The molecule has 72 valence electrons. The van der Waals surface area contributed by atoms with Crippen molar-refractivity contribution in [2.45, 2.75) is 12.2 Å². The van der Waals surface area contributed by atoms with Gasteiger partial charge in [-0.25, -0.2) is 0 Å². The van der Waals surface area contributed by atoms with Crippen molar-refractivity contribution >= 4 is 7.60 Å². The summed E-state index contributed by atoms with van der Waals surface area (Å²) in [6, 6.07) is 3.42. The number of hydrogen-bond donors (Lipinski definition) is 3. The maximum Gasteiger partial charge on any atom is 0.342 e. The van der Waals surface area contributed by atoms with Crippen LogP contribution in [0.1, 0.15) is 5.56 Å². The third-order valence-electron chi connectivity index (χ3n) is 1.60. The Hall–Kier alpha value is -0.740. The summed E-state index contributed by atoms with van der Waals surface area (Å²) in [4.78, 5) is 21.2. The second kappa shape index (κ2) is 3.98. The Morgan fingerprint density at radius 2 is 2.31 bits per heavy atom.